The predicted octanol–water partition coefficient (Wildman–Crippen LogP) is 4.07. The van der Waals surface area contributed by atoms with Crippen molar-refractivity contribution in [3.8, 4) is 0 Å². The average Bonchev–Trinajstić information content (AvgIpc) is 2.27. The summed E-state index contributed by atoms with van der Waals surface area (Å²) in [6, 6.07) is 0. The summed E-state index contributed by atoms with van der Waals surface area (Å²) < 4.78 is 11.3. The number of alkyl halides is 1. The normalized spacial score (nSPS) is 14.1. The molecular formula is C14H27BrO3Si. The molecule has 0 radical (unpaired) electrons. The van der Waals surface area contributed by atoms with Crippen molar-refractivity contribution < 1.29 is 14.0 Å². The van der Waals surface area contributed by atoms with Crippen LogP contribution >= 0.6 is 15.9 Å². The summed E-state index contributed by atoms with van der Waals surface area (Å²) in [5.41, 5.74) is 0.447. The standard InChI is InChI=1S/C14H27BrO3Si/c1-8-17-13(16)11(2)9-12(14(3,4)5)18-19(6,7)10-15/h12H,2,8-10H2,1,3-7H3/t12-/m1/s1. The SMILES string of the molecule is C=C(C[C@@H](O[Si](C)(C)CBr)C(C)(C)C)C(=O)OCC. The number of esters is 1. The van der Waals surface area contributed by atoms with Crippen molar-refractivity contribution in [1.29, 1.82) is 0 Å². The van der Waals surface area contributed by atoms with Gasteiger partial charge in [-0.15, -0.1) is 0 Å². The number of rotatable bonds is 7. The highest BCUT2D eigenvalue weighted by atomic mass is 79.9. The van der Waals surface area contributed by atoms with Gasteiger partial charge in [0.1, 0.15) is 0 Å². The maximum Gasteiger partial charge on any atom is 0.333 e. The van der Waals surface area contributed by atoms with Gasteiger partial charge in [0, 0.05) is 16.9 Å². The number of hydrogen-bond acceptors (Lipinski definition) is 3. The molecule has 0 aliphatic rings. The van der Waals surface area contributed by atoms with Crippen molar-refractivity contribution in [2.24, 2.45) is 5.41 Å². The zero-order chi connectivity index (χ0) is 15.3. The molecule has 0 aromatic heterocycles. The van der Waals surface area contributed by atoms with E-state index >= 15 is 0 Å². The minimum Gasteiger partial charge on any atom is -0.463 e. The Labute approximate surface area is 127 Å². The second kappa shape index (κ2) is 7.60. The molecule has 0 saturated heterocycles. The highest BCUT2D eigenvalue weighted by molar-refractivity contribution is 9.09. The molecule has 0 aliphatic heterocycles. The molecule has 0 aliphatic carbocycles. The number of ether oxygens (including phenoxy) is 1. The van der Waals surface area contributed by atoms with Gasteiger partial charge in [-0.1, -0.05) is 43.3 Å². The van der Waals surface area contributed by atoms with Gasteiger partial charge in [-0.25, -0.2) is 4.79 Å². The van der Waals surface area contributed by atoms with Gasteiger partial charge in [0.15, 0.2) is 8.32 Å². The molecule has 0 bridgehead atoms. The number of carbonyl (C=O) groups is 1. The second-order valence-corrected chi connectivity index (χ2v) is 12.1. The van der Waals surface area contributed by atoms with Gasteiger partial charge in [-0.05, 0) is 25.4 Å². The van der Waals surface area contributed by atoms with Crippen LogP contribution in [0.15, 0.2) is 12.2 Å². The fourth-order valence-corrected chi connectivity index (χ4v) is 3.15. The van der Waals surface area contributed by atoms with Gasteiger partial charge in [-0.3, -0.25) is 0 Å². The van der Waals surface area contributed by atoms with Gasteiger partial charge >= 0.3 is 5.97 Å². The topological polar surface area (TPSA) is 35.5 Å². The Kier molecular flexibility index (Phi) is 7.54. The van der Waals surface area contributed by atoms with E-state index < -0.39 is 8.32 Å². The van der Waals surface area contributed by atoms with Crippen LogP contribution in [0.2, 0.25) is 13.1 Å². The third-order valence-electron chi connectivity index (χ3n) is 2.74. The van der Waals surface area contributed by atoms with Gasteiger partial charge in [0.05, 0.1) is 12.7 Å². The first-order valence-corrected chi connectivity index (χ1v) is 10.9. The van der Waals surface area contributed by atoms with Crippen molar-refractivity contribution >= 4 is 30.2 Å². The molecule has 112 valence electrons. The molecule has 1 atom stereocenters. The van der Waals surface area contributed by atoms with E-state index in [-0.39, 0.29) is 17.5 Å². The highest BCUT2D eigenvalue weighted by Gasteiger charge is 2.33. The first kappa shape index (κ1) is 18.9. The molecule has 0 amide bonds. The van der Waals surface area contributed by atoms with Crippen LogP contribution in [0, 0.1) is 5.41 Å². The van der Waals surface area contributed by atoms with Crippen LogP contribution < -0.4 is 0 Å². The van der Waals surface area contributed by atoms with Crippen LogP contribution in [-0.4, -0.2) is 32.0 Å². The Morgan fingerprint density at radius 3 is 2.26 bits per heavy atom. The van der Waals surface area contributed by atoms with Crippen LogP contribution in [0.25, 0.3) is 0 Å². The number of halogens is 1. The Balaban J connectivity index is 4.81. The summed E-state index contributed by atoms with van der Waals surface area (Å²) in [5.74, 6) is -0.321. The van der Waals surface area contributed by atoms with Gasteiger partial charge in [-0.2, -0.15) is 0 Å². The van der Waals surface area contributed by atoms with Gasteiger partial charge in [0.25, 0.3) is 0 Å². The van der Waals surface area contributed by atoms with Crippen molar-refractivity contribution in [1.82, 2.24) is 0 Å². The maximum atomic E-state index is 11.7. The number of hydrogen-bond donors (Lipinski definition) is 0. The number of carbonyl (C=O) groups excluding carboxylic acids is 1. The summed E-state index contributed by atoms with van der Waals surface area (Å²) >= 11 is 3.51. The van der Waals surface area contributed by atoms with Crippen LogP contribution in [0.1, 0.15) is 34.1 Å². The van der Waals surface area contributed by atoms with Crippen LogP contribution in [0.5, 0.6) is 0 Å². The Bertz CT molecular complexity index is 321. The molecule has 0 fully saturated rings. The predicted molar refractivity (Wildman–Crippen MR) is 86.0 cm³/mol. The third-order valence-corrected chi connectivity index (χ3v) is 8.36. The van der Waals surface area contributed by atoms with E-state index in [9.17, 15) is 4.79 Å². The highest BCUT2D eigenvalue weighted by Crippen LogP contribution is 2.30. The summed E-state index contributed by atoms with van der Waals surface area (Å²) in [4.78, 5) is 12.5. The molecule has 0 unspecified atom stereocenters. The molecule has 0 aromatic carbocycles. The largest absolute Gasteiger partial charge is 0.463 e. The molecule has 0 spiro atoms. The fourth-order valence-electron chi connectivity index (χ4n) is 1.48. The lowest BCUT2D eigenvalue weighted by molar-refractivity contribution is -0.139. The van der Waals surface area contributed by atoms with Crippen molar-refractivity contribution in [3.05, 3.63) is 12.2 Å². The smallest absolute Gasteiger partial charge is 0.333 e. The molecule has 3 nitrogen and oxygen atoms in total. The molecular weight excluding hydrogens is 324 g/mol. The summed E-state index contributed by atoms with van der Waals surface area (Å²) in [5, 5.41) is 0. The Hall–Kier alpha value is -0.133. The Morgan fingerprint density at radius 1 is 1.37 bits per heavy atom. The lowest BCUT2D eigenvalue weighted by Gasteiger charge is -2.36. The first-order valence-electron chi connectivity index (χ1n) is 6.62. The van der Waals surface area contributed by atoms with E-state index in [4.69, 9.17) is 9.16 Å². The monoisotopic (exact) mass is 350 g/mol. The van der Waals surface area contributed by atoms with E-state index in [1.54, 1.807) is 6.92 Å². The van der Waals surface area contributed by atoms with Crippen LogP contribution in [-0.2, 0) is 14.0 Å². The van der Waals surface area contributed by atoms with Crippen molar-refractivity contribution in [3.63, 3.8) is 0 Å². The lowest BCUT2D eigenvalue weighted by Crippen LogP contribution is -2.43. The van der Waals surface area contributed by atoms with Crippen molar-refractivity contribution in [2.45, 2.75) is 53.3 Å². The van der Waals surface area contributed by atoms with Crippen molar-refractivity contribution in [2.75, 3.05) is 11.6 Å². The fraction of sp³-hybridized carbons (Fsp3) is 0.786. The minimum absolute atomic E-state index is 0.0244. The van der Waals surface area contributed by atoms with E-state index in [1.165, 1.54) is 0 Å². The van der Waals surface area contributed by atoms with Gasteiger partial charge < -0.3 is 9.16 Å². The van der Waals surface area contributed by atoms with Crippen LogP contribution in [0.3, 0.4) is 0 Å². The molecule has 0 aromatic rings. The van der Waals surface area contributed by atoms with Gasteiger partial charge in [0.2, 0.25) is 0 Å². The van der Waals surface area contributed by atoms with E-state index in [0.29, 0.717) is 18.6 Å². The summed E-state index contributed by atoms with van der Waals surface area (Å²) in [6.45, 7) is 16.7. The molecule has 0 N–H and O–H groups in total. The summed E-state index contributed by atoms with van der Waals surface area (Å²) in [7, 11) is -1.75. The average molecular weight is 351 g/mol. The lowest BCUT2D eigenvalue weighted by atomic mass is 9.85. The molecule has 0 rings (SSSR count). The second-order valence-electron chi connectivity index (χ2n) is 6.39. The zero-order valence-corrected chi connectivity index (χ0v) is 15.6. The molecule has 0 saturated carbocycles. The summed E-state index contributed by atoms with van der Waals surface area (Å²) in [6.07, 6.45) is 0.495. The molecule has 0 heterocycles. The Morgan fingerprint density at radius 2 is 1.89 bits per heavy atom. The maximum absolute atomic E-state index is 11.7. The zero-order valence-electron chi connectivity index (χ0n) is 13.0. The quantitative estimate of drug-likeness (QED) is 0.300. The molecule has 5 heteroatoms. The van der Waals surface area contributed by atoms with E-state index in [2.05, 4.69) is 56.4 Å². The molecule has 19 heavy (non-hydrogen) atoms. The van der Waals surface area contributed by atoms with E-state index in [0.717, 1.165) is 4.95 Å². The van der Waals surface area contributed by atoms with Crippen LogP contribution in [0.4, 0.5) is 0 Å². The first-order chi connectivity index (χ1) is 8.53. The van der Waals surface area contributed by atoms with E-state index in [1.807, 2.05) is 0 Å². The minimum atomic E-state index is -1.75. The third kappa shape index (κ3) is 7.27.